The molecule has 7 heteroatoms. The van der Waals surface area contributed by atoms with Gasteiger partial charge in [0.15, 0.2) is 0 Å². The number of aryl methyl sites for hydroxylation is 3. The van der Waals surface area contributed by atoms with Crippen LogP contribution in [0.1, 0.15) is 58.5 Å². The van der Waals surface area contributed by atoms with E-state index >= 15 is 0 Å². The van der Waals surface area contributed by atoms with E-state index in [0.717, 1.165) is 22.5 Å². The van der Waals surface area contributed by atoms with Crippen LogP contribution in [0.25, 0.3) is 5.69 Å². The lowest BCUT2D eigenvalue weighted by Crippen LogP contribution is -2.27. The minimum atomic E-state index is -2.74. The number of pyridine rings is 1. The van der Waals surface area contributed by atoms with E-state index in [1.165, 1.54) is 29.0 Å². The Kier molecular flexibility index (Phi) is 6.46. The summed E-state index contributed by atoms with van der Waals surface area (Å²) < 4.78 is 44.6. The summed E-state index contributed by atoms with van der Waals surface area (Å²) in [5, 5.41) is 0. The molecular formula is C27H26F3N3O. The van der Waals surface area contributed by atoms with Gasteiger partial charge in [0.25, 0.3) is 12.0 Å². The first kappa shape index (κ1) is 23.5. The lowest BCUT2D eigenvalue weighted by atomic mass is 10.0. The van der Waals surface area contributed by atoms with Gasteiger partial charge in [-0.25, -0.2) is 18.2 Å². The Labute approximate surface area is 196 Å². The van der Waals surface area contributed by atoms with Crippen molar-refractivity contribution < 1.29 is 13.2 Å². The molecule has 0 amide bonds. The Balaban J connectivity index is 1.73. The Hall–Kier alpha value is -3.61. The largest absolute Gasteiger partial charge is 0.308 e. The summed E-state index contributed by atoms with van der Waals surface area (Å²) in [7, 11) is 0. The molecule has 2 aromatic carbocycles. The maximum Gasteiger partial charge on any atom is 0.265 e. The molecule has 34 heavy (non-hydrogen) atoms. The molecule has 0 spiro atoms. The van der Waals surface area contributed by atoms with Crippen molar-refractivity contribution in [2.75, 3.05) is 0 Å². The number of hydrogen-bond donors (Lipinski definition) is 0. The van der Waals surface area contributed by atoms with Gasteiger partial charge in [0, 0.05) is 35.6 Å². The van der Waals surface area contributed by atoms with Crippen molar-refractivity contribution in [3.63, 3.8) is 0 Å². The highest BCUT2D eigenvalue weighted by Gasteiger charge is 2.19. The van der Waals surface area contributed by atoms with Crippen molar-refractivity contribution in [3.05, 3.63) is 116 Å². The van der Waals surface area contributed by atoms with Crippen molar-refractivity contribution in [2.45, 2.75) is 46.6 Å². The third-order valence-corrected chi connectivity index (χ3v) is 6.00. The molecule has 0 fully saturated rings. The van der Waals surface area contributed by atoms with Crippen molar-refractivity contribution in [2.24, 2.45) is 0 Å². The molecule has 0 aliphatic carbocycles. The van der Waals surface area contributed by atoms with Crippen molar-refractivity contribution in [3.8, 4) is 5.69 Å². The maximum atomic E-state index is 14.0. The third-order valence-electron chi connectivity index (χ3n) is 6.00. The average molecular weight is 466 g/mol. The maximum absolute atomic E-state index is 14.0. The van der Waals surface area contributed by atoms with Crippen LogP contribution in [0, 0.1) is 26.6 Å². The molecule has 0 radical (unpaired) electrons. The fraction of sp³-hybridized carbons (Fsp3) is 0.259. The molecule has 0 saturated heterocycles. The molecule has 0 saturated carbocycles. The molecule has 176 valence electrons. The molecule has 4 nitrogen and oxygen atoms in total. The van der Waals surface area contributed by atoms with Crippen LogP contribution >= 0.6 is 0 Å². The fourth-order valence-corrected chi connectivity index (χ4v) is 4.28. The van der Waals surface area contributed by atoms with Crippen LogP contribution in [0.2, 0.25) is 0 Å². The molecule has 0 N–H and O–H groups in total. The first-order valence-corrected chi connectivity index (χ1v) is 11.0. The van der Waals surface area contributed by atoms with Gasteiger partial charge in [0.2, 0.25) is 0 Å². The molecule has 4 aromatic rings. The second-order valence-corrected chi connectivity index (χ2v) is 8.77. The predicted octanol–water partition coefficient (Wildman–Crippen LogP) is 6.24. The average Bonchev–Trinajstić information content (AvgIpc) is 3.19. The predicted molar refractivity (Wildman–Crippen MR) is 126 cm³/mol. The van der Waals surface area contributed by atoms with Crippen LogP contribution in [-0.2, 0) is 6.42 Å². The number of halogens is 3. The highest BCUT2D eigenvalue weighted by atomic mass is 19.3. The molecule has 0 aliphatic rings. The van der Waals surface area contributed by atoms with E-state index in [0.29, 0.717) is 11.1 Å². The molecule has 4 rings (SSSR count). The first-order valence-electron chi connectivity index (χ1n) is 11.0. The molecule has 2 heterocycles. The summed E-state index contributed by atoms with van der Waals surface area (Å²) in [5.41, 5.74) is 4.57. The van der Waals surface area contributed by atoms with Crippen LogP contribution in [0.4, 0.5) is 13.2 Å². The second kappa shape index (κ2) is 9.33. The lowest BCUT2D eigenvalue weighted by molar-refractivity contribution is 0.150. The van der Waals surface area contributed by atoms with Gasteiger partial charge < -0.3 is 9.13 Å². The number of alkyl halides is 2. The zero-order chi connectivity index (χ0) is 24.6. The van der Waals surface area contributed by atoms with E-state index in [1.807, 2.05) is 42.8 Å². The number of nitrogens with zero attached hydrogens (tertiary/aromatic N) is 3. The number of rotatable bonds is 6. The summed E-state index contributed by atoms with van der Waals surface area (Å²) in [6, 6.07) is 10.9. The van der Waals surface area contributed by atoms with Gasteiger partial charge in [0.05, 0.1) is 18.1 Å². The number of hydrogen-bond acceptors (Lipinski definition) is 2. The minimum absolute atomic E-state index is 0.207. The summed E-state index contributed by atoms with van der Waals surface area (Å²) in [6.45, 7) is 7.32. The Bertz CT molecular complexity index is 1380. The monoisotopic (exact) mass is 465 g/mol. The van der Waals surface area contributed by atoms with Crippen LogP contribution in [0.15, 0.2) is 66.0 Å². The number of benzene rings is 2. The van der Waals surface area contributed by atoms with Crippen molar-refractivity contribution >= 4 is 0 Å². The lowest BCUT2D eigenvalue weighted by Gasteiger charge is -2.19. The van der Waals surface area contributed by atoms with Gasteiger partial charge in [-0.05, 0) is 74.2 Å². The Morgan fingerprint density at radius 3 is 2.35 bits per heavy atom. The topological polar surface area (TPSA) is 39.8 Å². The van der Waals surface area contributed by atoms with Gasteiger partial charge in [-0.1, -0.05) is 18.2 Å². The number of imidazole rings is 1. The van der Waals surface area contributed by atoms with Crippen molar-refractivity contribution in [1.82, 2.24) is 14.1 Å². The van der Waals surface area contributed by atoms with E-state index in [4.69, 9.17) is 0 Å². The molecule has 0 unspecified atom stereocenters. The Morgan fingerprint density at radius 2 is 1.74 bits per heavy atom. The zero-order valence-electron chi connectivity index (χ0n) is 19.5. The van der Waals surface area contributed by atoms with E-state index < -0.39 is 18.3 Å². The smallest absolute Gasteiger partial charge is 0.265 e. The molecule has 0 bridgehead atoms. The van der Waals surface area contributed by atoms with Crippen LogP contribution in [0.5, 0.6) is 0 Å². The third kappa shape index (κ3) is 4.83. The SMILES string of the molecule is Cc1cc(F)cc([C@H](C)n2cc(C(F)F)cc(Cc3ccc(-n4cnc(C)c4)c(C)c3)c2=O)c1. The summed E-state index contributed by atoms with van der Waals surface area (Å²) in [4.78, 5) is 17.6. The van der Waals surface area contributed by atoms with Crippen LogP contribution < -0.4 is 5.56 Å². The summed E-state index contributed by atoms with van der Waals surface area (Å²) in [6.07, 6.45) is 2.30. The highest BCUT2D eigenvalue weighted by molar-refractivity contribution is 5.44. The van der Waals surface area contributed by atoms with Gasteiger partial charge in [-0.2, -0.15) is 0 Å². The molecule has 2 aromatic heterocycles. The molecule has 1 atom stereocenters. The van der Waals surface area contributed by atoms with Gasteiger partial charge in [-0.3, -0.25) is 4.79 Å². The fourth-order valence-electron chi connectivity index (χ4n) is 4.28. The highest BCUT2D eigenvalue weighted by Crippen LogP contribution is 2.25. The van der Waals surface area contributed by atoms with E-state index in [2.05, 4.69) is 4.98 Å². The first-order chi connectivity index (χ1) is 16.1. The molecule has 0 aliphatic heterocycles. The summed E-state index contributed by atoms with van der Waals surface area (Å²) in [5.74, 6) is -0.427. The summed E-state index contributed by atoms with van der Waals surface area (Å²) >= 11 is 0. The molecular weight excluding hydrogens is 439 g/mol. The standard InChI is InChI=1S/C27H26F3N3O/c1-16-7-21(12-24(28)8-16)19(4)33-14-23(26(29)30)11-22(27(33)34)10-20-5-6-25(17(2)9-20)32-13-18(3)31-15-32/h5-9,11-15,19,26H,10H2,1-4H3/t19-/m0/s1. The van der Waals surface area contributed by atoms with E-state index in [-0.39, 0.29) is 23.1 Å². The normalized spacial score (nSPS) is 12.4. The Morgan fingerprint density at radius 1 is 0.971 bits per heavy atom. The second-order valence-electron chi connectivity index (χ2n) is 8.77. The minimum Gasteiger partial charge on any atom is -0.308 e. The van der Waals surface area contributed by atoms with Gasteiger partial charge >= 0.3 is 0 Å². The van der Waals surface area contributed by atoms with Gasteiger partial charge in [-0.15, -0.1) is 0 Å². The van der Waals surface area contributed by atoms with Crippen LogP contribution in [0.3, 0.4) is 0 Å². The van der Waals surface area contributed by atoms with E-state index in [9.17, 15) is 18.0 Å². The quantitative estimate of drug-likeness (QED) is 0.338. The van der Waals surface area contributed by atoms with Crippen LogP contribution in [-0.4, -0.2) is 14.1 Å². The zero-order valence-corrected chi connectivity index (χ0v) is 19.5. The number of aromatic nitrogens is 3. The van der Waals surface area contributed by atoms with Gasteiger partial charge in [0.1, 0.15) is 5.82 Å². The van der Waals surface area contributed by atoms with Crippen molar-refractivity contribution in [1.29, 1.82) is 0 Å². The van der Waals surface area contributed by atoms with E-state index in [1.54, 1.807) is 26.2 Å².